The van der Waals surface area contributed by atoms with Crippen LogP contribution in [0.5, 0.6) is 5.75 Å². The van der Waals surface area contributed by atoms with Gasteiger partial charge in [-0.25, -0.2) is 0 Å². The van der Waals surface area contributed by atoms with Crippen molar-refractivity contribution in [3.8, 4) is 5.75 Å². The molecule has 1 aromatic carbocycles. The molecule has 9 nitrogen and oxygen atoms in total. The number of carbonyl (C=O) groups excluding carboxylic acids is 3. The second kappa shape index (κ2) is 11.5. The summed E-state index contributed by atoms with van der Waals surface area (Å²) < 4.78 is 7.25. The molecule has 0 spiro atoms. The minimum Gasteiger partial charge on any atom is -0.497 e. The molecule has 1 saturated heterocycles. The number of aryl methyl sites for hydroxylation is 1. The van der Waals surface area contributed by atoms with Crippen molar-refractivity contribution >= 4 is 28.6 Å². The van der Waals surface area contributed by atoms with E-state index < -0.39 is 6.04 Å². The van der Waals surface area contributed by atoms with Crippen LogP contribution in [0.3, 0.4) is 0 Å². The van der Waals surface area contributed by atoms with Crippen LogP contribution >= 0.6 is 0 Å². The minimum absolute atomic E-state index is 0.0285. The van der Waals surface area contributed by atoms with Gasteiger partial charge in [-0.1, -0.05) is 19.3 Å². The maximum absolute atomic E-state index is 13.7. The maximum atomic E-state index is 13.7. The van der Waals surface area contributed by atoms with E-state index in [-0.39, 0.29) is 35.7 Å². The van der Waals surface area contributed by atoms with E-state index in [2.05, 4.69) is 10.6 Å². The summed E-state index contributed by atoms with van der Waals surface area (Å²) in [4.78, 5) is 43.7. The van der Waals surface area contributed by atoms with Crippen molar-refractivity contribution in [2.24, 2.45) is 13.0 Å². The highest BCUT2D eigenvalue weighted by atomic mass is 16.5. The number of hydrogen-bond donors (Lipinski definition) is 2. The largest absolute Gasteiger partial charge is 0.497 e. The molecule has 1 aromatic heterocycles. The first-order chi connectivity index (χ1) is 17.7. The van der Waals surface area contributed by atoms with Crippen LogP contribution in [0.2, 0.25) is 0 Å². The average Bonchev–Trinajstić information content (AvgIpc) is 3.26. The lowest BCUT2D eigenvalue weighted by atomic mass is 9.83. The van der Waals surface area contributed by atoms with E-state index in [1.165, 1.54) is 6.42 Å². The quantitative estimate of drug-likeness (QED) is 0.596. The third kappa shape index (κ3) is 5.61. The molecule has 2 aliphatic rings. The van der Waals surface area contributed by atoms with Gasteiger partial charge < -0.3 is 29.7 Å². The summed E-state index contributed by atoms with van der Waals surface area (Å²) in [5.41, 5.74) is 1.55. The first-order valence-corrected chi connectivity index (χ1v) is 13.5. The summed E-state index contributed by atoms with van der Waals surface area (Å²) >= 11 is 0. The number of carbonyl (C=O) groups is 3. The van der Waals surface area contributed by atoms with Crippen molar-refractivity contribution in [3.05, 3.63) is 30.0 Å². The third-order valence-corrected chi connectivity index (χ3v) is 8.18. The Labute approximate surface area is 219 Å². The molecule has 2 aromatic rings. The van der Waals surface area contributed by atoms with E-state index >= 15 is 0 Å². The molecule has 1 saturated carbocycles. The van der Waals surface area contributed by atoms with Gasteiger partial charge >= 0.3 is 0 Å². The average molecular weight is 512 g/mol. The molecule has 202 valence electrons. The molecule has 0 radical (unpaired) electrons. The van der Waals surface area contributed by atoms with E-state index in [1.54, 1.807) is 21.1 Å². The number of benzene rings is 1. The Morgan fingerprint density at radius 3 is 2.46 bits per heavy atom. The standard InChI is InChI=1S/C28H41N5O4/c1-18-17-32(28(36)25(20-9-7-6-8-10-20)30-26(34)19(2)29-3)13-14-33(18)27(35)24-15-21-11-12-22(37-5)16-23(21)31(24)4/h11-12,15-16,18-20,25,29H,6-10,13-14,17H2,1-5H3,(H,30,34)/t18-,19?,25?/m1/s1. The Morgan fingerprint density at radius 1 is 1.08 bits per heavy atom. The molecule has 3 atom stereocenters. The number of piperazine rings is 1. The van der Waals surface area contributed by atoms with E-state index in [0.29, 0.717) is 25.3 Å². The van der Waals surface area contributed by atoms with Crippen molar-refractivity contribution in [2.75, 3.05) is 33.8 Å². The molecule has 0 bridgehead atoms. The Bertz CT molecular complexity index is 1140. The van der Waals surface area contributed by atoms with Crippen LogP contribution in [0.25, 0.3) is 10.9 Å². The van der Waals surface area contributed by atoms with Crippen LogP contribution in [-0.4, -0.2) is 84.0 Å². The summed E-state index contributed by atoms with van der Waals surface area (Å²) in [6, 6.07) is 6.66. The van der Waals surface area contributed by atoms with E-state index in [0.717, 1.165) is 42.3 Å². The van der Waals surface area contributed by atoms with Crippen LogP contribution in [-0.2, 0) is 16.6 Å². The Hall–Kier alpha value is -3.07. The van der Waals surface area contributed by atoms with Crippen LogP contribution in [0.1, 0.15) is 56.4 Å². The predicted octanol–water partition coefficient (Wildman–Crippen LogP) is 2.53. The molecule has 1 aliphatic carbocycles. The zero-order valence-electron chi connectivity index (χ0n) is 22.8. The van der Waals surface area contributed by atoms with Gasteiger partial charge in [-0.2, -0.15) is 0 Å². The molecule has 4 rings (SSSR count). The molecular formula is C28H41N5O4. The van der Waals surface area contributed by atoms with Crippen molar-refractivity contribution in [1.82, 2.24) is 25.0 Å². The molecular weight excluding hydrogens is 470 g/mol. The Morgan fingerprint density at radius 2 is 1.81 bits per heavy atom. The van der Waals surface area contributed by atoms with Gasteiger partial charge in [0.2, 0.25) is 11.8 Å². The number of ether oxygens (including phenoxy) is 1. The van der Waals surface area contributed by atoms with Crippen molar-refractivity contribution in [3.63, 3.8) is 0 Å². The lowest BCUT2D eigenvalue weighted by Crippen LogP contribution is -2.61. The van der Waals surface area contributed by atoms with Gasteiger partial charge in [-0.15, -0.1) is 0 Å². The molecule has 2 heterocycles. The van der Waals surface area contributed by atoms with Gasteiger partial charge in [0.1, 0.15) is 17.5 Å². The summed E-state index contributed by atoms with van der Waals surface area (Å²) in [5.74, 6) is 0.672. The third-order valence-electron chi connectivity index (χ3n) is 8.18. The zero-order chi connectivity index (χ0) is 26.7. The smallest absolute Gasteiger partial charge is 0.270 e. The predicted molar refractivity (Wildman–Crippen MR) is 144 cm³/mol. The number of nitrogens with one attached hydrogen (secondary N) is 2. The van der Waals surface area contributed by atoms with E-state index in [4.69, 9.17) is 4.74 Å². The van der Waals surface area contributed by atoms with Crippen molar-refractivity contribution in [2.45, 2.75) is 64.1 Å². The highest BCUT2D eigenvalue weighted by Crippen LogP contribution is 2.29. The number of aromatic nitrogens is 1. The van der Waals surface area contributed by atoms with Gasteiger partial charge in [0.15, 0.2) is 0 Å². The summed E-state index contributed by atoms with van der Waals surface area (Å²) in [7, 11) is 5.26. The second-order valence-corrected chi connectivity index (χ2v) is 10.5. The maximum Gasteiger partial charge on any atom is 0.270 e. The Kier molecular flexibility index (Phi) is 8.42. The van der Waals surface area contributed by atoms with Crippen LogP contribution < -0.4 is 15.4 Å². The lowest BCUT2D eigenvalue weighted by Gasteiger charge is -2.42. The Balaban J connectivity index is 1.48. The number of hydrogen-bond acceptors (Lipinski definition) is 5. The van der Waals surface area contributed by atoms with Gasteiger partial charge in [-0.05, 0) is 57.9 Å². The van der Waals surface area contributed by atoms with Crippen molar-refractivity contribution < 1.29 is 19.1 Å². The first-order valence-electron chi connectivity index (χ1n) is 13.5. The highest BCUT2D eigenvalue weighted by Gasteiger charge is 2.38. The number of likely N-dealkylation sites (N-methyl/N-ethyl adjacent to an activating group) is 1. The number of rotatable bonds is 7. The molecule has 2 N–H and O–H groups in total. The summed E-state index contributed by atoms with van der Waals surface area (Å²) in [5, 5.41) is 7.00. The molecule has 9 heteroatoms. The molecule has 2 unspecified atom stereocenters. The van der Waals surface area contributed by atoms with Gasteiger partial charge in [0.05, 0.1) is 18.7 Å². The number of nitrogens with zero attached hydrogens (tertiary/aromatic N) is 3. The van der Waals surface area contributed by atoms with Crippen LogP contribution in [0.4, 0.5) is 0 Å². The van der Waals surface area contributed by atoms with Crippen LogP contribution in [0, 0.1) is 5.92 Å². The normalized spacial score (nSPS) is 20.5. The number of amides is 3. The summed E-state index contributed by atoms with van der Waals surface area (Å²) in [6.07, 6.45) is 5.24. The molecule has 37 heavy (non-hydrogen) atoms. The van der Waals surface area contributed by atoms with E-state index in [1.807, 2.05) is 52.6 Å². The number of fused-ring (bicyclic) bond motifs is 1. The molecule has 1 aliphatic heterocycles. The fraction of sp³-hybridized carbons (Fsp3) is 0.607. The second-order valence-electron chi connectivity index (χ2n) is 10.5. The molecule has 3 amide bonds. The van der Waals surface area contributed by atoms with E-state index in [9.17, 15) is 14.4 Å². The monoisotopic (exact) mass is 511 g/mol. The van der Waals surface area contributed by atoms with Gasteiger partial charge in [0, 0.05) is 44.2 Å². The van der Waals surface area contributed by atoms with Crippen LogP contribution in [0.15, 0.2) is 24.3 Å². The molecule has 2 fully saturated rings. The SMILES string of the molecule is CNC(C)C(=O)NC(C(=O)N1CCN(C(=O)c2cc3ccc(OC)cc3n2C)[C@H](C)C1)C1CCCCC1. The van der Waals surface area contributed by atoms with Gasteiger partial charge in [-0.3, -0.25) is 14.4 Å². The fourth-order valence-electron chi connectivity index (χ4n) is 5.70. The van der Waals surface area contributed by atoms with Crippen molar-refractivity contribution in [1.29, 1.82) is 0 Å². The van der Waals surface area contributed by atoms with Gasteiger partial charge in [0.25, 0.3) is 5.91 Å². The number of methoxy groups -OCH3 is 1. The topological polar surface area (TPSA) is 95.9 Å². The first kappa shape index (κ1) is 27.0. The zero-order valence-corrected chi connectivity index (χ0v) is 22.8. The summed E-state index contributed by atoms with van der Waals surface area (Å²) in [6.45, 7) is 5.14. The minimum atomic E-state index is -0.522. The fourth-order valence-corrected chi connectivity index (χ4v) is 5.70. The highest BCUT2D eigenvalue weighted by molar-refractivity contribution is 5.99. The lowest BCUT2D eigenvalue weighted by molar-refractivity contribution is -0.140.